The standard InChI is InChI=1S/C25H22F5N3O3/c1-12-7-15(13(2)31-17-6-4-3-5-14(17)21(35)36)19-16(8-12)20(34)33-18(25(28,29)30)9-23(22(33)32-19)10-24(26,27)11-23/h3-8,13,18,31H,9-11H2,1-2H3,(H,35,36)/t13-,18-/m1/s1. The monoisotopic (exact) mass is 507 g/mol. The van der Waals surface area contributed by atoms with Crippen LogP contribution in [0.25, 0.3) is 10.9 Å². The molecule has 190 valence electrons. The summed E-state index contributed by atoms with van der Waals surface area (Å²) in [5.74, 6) is -4.54. The fraction of sp³-hybridized carbons (Fsp3) is 0.400. The van der Waals surface area contributed by atoms with E-state index in [-0.39, 0.29) is 22.3 Å². The molecule has 0 radical (unpaired) electrons. The van der Waals surface area contributed by atoms with Crippen LogP contribution < -0.4 is 10.9 Å². The maximum absolute atomic E-state index is 13.9. The summed E-state index contributed by atoms with van der Waals surface area (Å²) in [6.45, 7) is 3.37. The highest BCUT2D eigenvalue weighted by Crippen LogP contribution is 2.61. The normalized spacial score (nSPS) is 20.7. The molecule has 1 aromatic heterocycles. The number of aryl methyl sites for hydroxylation is 1. The molecule has 11 heteroatoms. The number of nitrogens with one attached hydrogen (secondary N) is 1. The predicted octanol–water partition coefficient (Wildman–Crippen LogP) is 5.75. The smallest absolute Gasteiger partial charge is 0.409 e. The van der Waals surface area contributed by atoms with E-state index < -0.39 is 60.4 Å². The average Bonchev–Trinajstić information content (AvgIpc) is 3.08. The van der Waals surface area contributed by atoms with E-state index in [1.54, 1.807) is 38.1 Å². The minimum atomic E-state index is -4.80. The van der Waals surface area contributed by atoms with Crippen molar-refractivity contribution < 1.29 is 31.9 Å². The Bertz CT molecular complexity index is 1460. The van der Waals surface area contributed by atoms with Gasteiger partial charge in [-0.1, -0.05) is 18.2 Å². The number of para-hydroxylation sites is 1. The van der Waals surface area contributed by atoms with Crippen molar-refractivity contribution in [3.63, 3.8) is 0 Å². The number of fused-ring (bicyclic) bond motifs is 3. The highest BCUT2D eigenvalue weighted by atomic mass is 19.4. The lowest BCUT2D eigenvalue weighted by atomic mass is 9.64. The van der Waals surface area contributed by atoms with Crippen molar-refractivity contribution in [2.75, 3.05) is 5.32 Å². The zero-order chi connectivity index (χ0) is 26.2. The molecule has 3 aromatic rings. The summed E-state index contributed by atoms with van der Waals surface area (Å²) < 4.78 is 70.1. The number of carboxylic acids is 1. The second-order valence-electron chi connectivity index (χ2n) is 9.83. The third-order valence-electron chi connectivity index (χ3n) is 7.12. The molecular formula is C25H22F5N3O3. The molecule has 2 aliphatic rings. The van der Waals surface area contributed by atoms with Gasteiger partial charge < -0.3 is 10.4 Å². The second-order valence-corrected chi connectivity index (χ2v) is 9.83. The van der Waals surface area contributed by atoms with Gasteiger partial charge in [-0.25, -0.2) is 18.6 Å². The number of rotatable bonds is 4. The van der Waals surface area contributed by atoms with Crippen LogP contribution in [-0.2, 0) is 5.41 Å². The first-order chi connectivity index (χ1) is 16.7. The van der Waals surface area contributed by atoms with E-state index in [0.29, 0.717) is 21.4 Å². The van der Waals surface area contributed by atoms with Crippen molar-refractivity contribution in [3.05, 3.63) is 69.3 Å². The molecule has 2 aromatic carbocycles. The summed E-state index contributed by atoms with van der Waals surface area (Å²) in [7, 11) is 0. The van der Waals surface area contributed by atoms with Gasteiger partial charge in [0, 0.05) is 29.5 Å². The Kier molecular flexibility index (Phi) is 5.21. The first-order valence-electron chi connectivity index (χ1n) is 11.3. The summed E-state index contributed by atoms with van der Waals surface area (Å²) in [6, 6.07) is 6.50. The minimum Gasteiger partial charge on any atom is -0.478 e. The molecule has 0 unspecified atom stereocenters. The fourth-order valence-corrected chi connectivity index (χ4v) is 5.64. The van der Waals surface area contributed by atoms with Crippen LogP contribution in [0.5, 0.6) is 0 Å². The van der Waals surface area contributed by atoms with Crippen molar-refractivity contribution in [1.29, 1.82) is 0 Å². The number of aromatic carboxylic acids is 1. The van der Waals surface area contributed by atoms with E-state index in [4.69, 9.17) is 0 Å². The molecule has 6 nitrogen and oxygen atoms in total. The maximum Gasteiger partial charge on any atom is 0.409 e. The molecule has 0 amide bonds. The zero-order valence-corrected chi connectivity index (χ0v) is 19.3. The highest BCUT2D eigenvalue weighted by molar-refractivity contribution is 5.94. The van der Waals surface area contributed by atoms with Crippen molar-refractivity contribution in [1.82, 2.24) is 9.55 Å². The predicted molar refractivity (Wildman–Crippen MR) is 122 cm³/mol. The van der Waals surface area contributed by atoms with E-state index in [1.165, 1.54) is 12.1 Å². The Balaban J connectivity index is 1.69. The van der Waals surface area contributed by atoms with E-state index in [9.17, 15) is 36.6 Å². The fourth-order valence-electron chi connectivity index (χ4n) is 5.64. The molecule has 2 heterocycles. The lowest BCUT2D eigenvalue weighted by molar-refractivity contribution is -0.178. The summed E-state index contributed by atoms with van der Waals surface area (Å²) in [6.07, 6.45) is -7.06. The molecule has 2 atom stereocenters. The number of carboxylic acid groups (broad SMARTS) is 1. The van der Waals surface area contributed by atoms with Crippen LogP contribution in [0.3, 0.4) is 0 Å². The van der Waals surface area contributed by atoms with Gasteiger partial charge in [-0.15, -0.1) is 0 Å². The number of hydrogen-bond donors (Lipinski definition) is 2. The molecule has 1 aliphatic heterocycles. The van der Waals surface area contributed by atoms with Crippen molar-refractivity contribution >= 4 is 22.6 Å². The van der Waals surface area contributed by atoms with Crippen LogP contribution in [0, 0.1) is 6.92 Å². The molecule has 2 N–H and O–H groups in total. The largest absolute Gasteiger partial charge is 0.478 e. The van der Waals surface area contributed by atoms with E-state index in [2.05, 4.69) is 10.3 Å². The molecule has 1 spiro atoms. The topological polar surface area (TPSA) is 84.2 Å². The Morgan fingerprint density at radius 2 is 1.89 bits per heavy atom. The number of halogens is 5. The van der Waals surface area contributed by atoms with Gasteiger partial charge in [0.1, 0.15) is 11.9 Å². The third kappa shape index (κ3) is 3.72. The van der Waals surface area contributed by atoms with Crippen LogP contribution >= 0.6 is 0 Å². The SMILES string of the molecule is Cc1cc([C@@H](C)Nc2ccccc2C(=O)O)c2nc3n(c(=O)c2c1)[C@@H](C(F)(F)F)CC31CC(F)(F)C1. The number of carbonyl (C=O) groups is 1. The Morgan fingerprint density at radius 1 is 1.22 bits per heavy atom. The lowest BCUT2D eigenvalue weighted by Gasteiger charge is -2.44. The second kappa shape index (κ2) is 7.75. The summed E-state index contributed by atoms with van der Waals surface area (Å²) in [4.78, 5) is 29.5. The first kappa shape index (κ1) is 24.2. The van der Waals surface area contributed by atoms with Crippen LogP contribution in [0.15, 0.2) is 41.2 Å². The molecular weight excluding hydrogens is 485 g/mol. The summed E-state index contributed by atoms with van der Waals surface area (Å²) in [5, 5.41) is 12.5. The van der Waals surface area contributed by atoms with Gasteiger partial charge in [-0.3, -0.25) is 9.36 Å². The Hall–Kier alpha value is -3.50. The third-order valence-corrected chi connectivity index (χ3v) is 7.12. The number of anilines is 1. The molecule has 0 bridgehead atoms. The molecule has 1 aliphatic carbocycles. The Morgan fingerprint density at radius 3 is 2.50 bits per heavy atom. The number of nitrogens with zero attached hydrogens (tertiary/aromatic N) is 2. The van der Waals surface area contributed by atoms with Crippen molar-refractivity contribution in [2.45, 2.75) is 62.7 Å². The molecule has 0 saturated heterocycles. The maximum atomic E-state index is 13.9. The van der Waals surface area contributed by atoms with E-state index in [0.717, 1.165) is 0 Å². The van der Waals surface area contributed by atoms with Gasteiger partial charge in [0.2, 0.25) is 5.92 Å². The minimum absolute atomic E-state index is 0.0129. The van der Waals surface area contributed by atoms with Gasteiger partial charge >= 0.3 is 12.1 Å². The van der Waals surface area contributed by atoms with Crippen LogP contribution in [-0.4, -0.2) is 32.7 Å². The molecule has 1 fully saturated rings. The van der Waals surface area contributed by atoms with Gasteiger partial charge in [-0.05, 0) is 44.0 Å². The highest BCUT2D eigenvalue weighted by Gasteiger charge is 2.66. The van der Waals surface area contributed by atoms with Crippen LogP contribution in [0.2, 0.25) is 0 Å². The molecule has 1 saturated carbocycles. The quantitative estimate of drug-likeness (QED) is 0.440. The van der Waals surface area contributed by atoms with Gasteiger partial charge in [-0.2, -0.15) is 13.2 Å². The van der Waals surface area contributed by atoms with Gasteiger partial charge in [0.25, 0.3) is 5.56 Å². The average molecular weight is 507 g/mol. The van der Waals surface area contributed by atoms with Gasteiger partial charge in [0.05, 0.1) is 22.5 Å². The van der Waals surface area contributed by atoms with E-state index >= 15 is 0 Å². The molecule has 5 rings (SSSR count). The number of aromatic nitrogens is 2. The van der Waals surface area contributed by atoms with Gasteiger partial charge in [0.15, 0.2) is 0 Å². The summed E-state index contributed by atoms with van der Waals surface area (Å²) in [5.41, 5.74) is -0.997. The number of hydrogen-bond acceptors (Lipinski definition) is 4. The van der Waals surface area contributed by atoms with E-state index in [1.807, 2.05) is 0 Å². The number of alkyl halides is 5. The van der Waals surface area contributed by atoms with Crippen LogP contribution in [0.1, 0.15) is 65.6 Å². The first-order valence-corrected chi connectivity index (χ1v) is 11.3. The van der Waals surface area contributed by atoms with Crippen molar-refractivity contribution in [3.8, 4) is 0 Å². The zero-order valence-electron chi connectivity index (χ0n) is 19.3. The lowest BCUT2D eigenvalue weighted by Crippen LogP contribution is -2.49. The Labute approximate surface area is 201 Å². The summed E-state index contributed by atoms with van der Waals surface area (Å²) >= 11 is 0. The van der Waals surface area contributed by atoms with Crippen LogP contribution in [0.4, 0.5) is 27.6 Å². The molecule has 36 heavy (non-hydrogen) atoms. The van der Waals surface area contributed by atoms with Crippen molar-refractivity contribution in [2.24, 2.45) is 0 Å². The number of benzene rings is 2.